The Morgan fingerprint density at radius 2 is 1.87 bits per heavy atom. The average molecular weight is 419 g/mol. The number of hydrogen-bond donors (Lipinski definition) is 3. The maximum absolute atomic E-state index is 12.0. The molecule has 4 nitrogen and oxygen atoms in total. The minimum absolute atomic E-state index is 0.0253. The van der Waals surface area contributed by atoms with Crippen LogP contribution in [0.2, 0.25) is 0 Å². The predicted molar refractivity (Wildman–Crippen MR) is 120 cm³/mol. The summed E-state index contributed by atoms with van der Waals surface area (Å²) in [5.41, 5.74) is 1.77. The molecule has 5 atom stereocenters. The summed E-state index contributed by atoms with van der Waals surface area (Å²) in [4.78, 5) is 12.0. The fourth-order valence-corrected chi connectivity index (χ4v) is 6.57. The number of aliphatic hydroxyl groups excluding tert-OH is 2. The second-order valence-corrected chi connectivity index (χ2v) is 11.2. The Morgan fingerprint density at radius 1 is 1.17 bits per heavy atom. The smallest absolute Gasteiger partial charge is 0.306 e. The molecular weight excluding hydrogens is 376 g/mol. The first-order chi connectivity index (χ1) is 14.2. The SMILES string of the molecule is CC(C)(C)C1CCC(C(CCC=C2C[C@@H]3C[C@@H](O)[C@H](C=CCO)[C@H]3C2)C(=O)O)CC1. The standard InChI is InChI=1S/C26H42O4/c1-26(2,3)20-11-9-18(10-12-20)21(25(29)30)7-4-6-17-14-19-16-24(28)22(8-5-13-27)23(19)15-17/h5-6,8,18-24,27-28H,4,7,9-16H2,1-3H3,(H,29,30)/t18?,19-,20?,21?,22-,23+,24-/m1/s1. The highest BCUT2D eigenvalue weighted by Gasteiger charge is 2.45. The lowest BCUT2D eigenvalue weighted by Crippen LogP contribution is -2.31. The van der Waals surface area contributed by atoms with Gasteiger partial charge < -0.3 is 15.3 Å². The topological polar surface area (TPSA) is 77.8 Å². The highest BCUT2D eigenvalue weighted by atomic mass is 16.4. The molecule has 30 heavy (non-hydrogen) atoms. The molecule has 1 unspecified atom stereocenters. The molecule has 3 aliphatic carbocycles. The Morgan fingerprint density at radius 3 is 2.47 bits per heavy atom. The molecule has 0 aromatic heterocycles. The number of aliphatic carboxylic acids is 1. The molecule has 3 rings (SSSR count). The Bertz CT molecular complexity index is 636. The molecule has 0 bridgehead atoms. The molecule has 0 spiro atoms. The summed E-state index contributed by atoms with van der Waals surface area (Å²) >= 11 is 0. The van der Waals surface area contributed by atoms with Crippen LogP contribution in [0.1, 0.15) is 78.6 Å². The van der Waals surface area contributed by atoms with Crippen LogP contribution in [-0.2, 0) is 4.79 Å². The van der Waals surface area contributed by atoms with Crippen molar-refractivity contribution in [3.8, 4) is 0 Å². The van der Waals surface area contributed by atoms with Gasteiger partial charge in [0.1, 0.15) is 0 Å². The van der Waals surface area contributed by atoms with Gasteiger partial charge in [-0.15, -0.1) is 0 Å². The fourth-order valence-electron chi connectivity index (χ4n) is 6.57. The maximum Gasteiger partial charge on any atom is 0.306 e. The minimum Gasteiger partial charge on any atom is -0.481 e. The predicted octanol–water partition coefficient (Wildman–Crippen LogP) is 5.20. The van der Waals surface area contributed by atoms with Gasteiger partial charge in [-0.2, -0.15) is 0 Å². The van der Waals surface area contributed by atoms with Crippen molar-refractivity contribution in [1.82, 2.24) is 0 Å². The van der Waals surface area contributed by atoms with Crippen molar-refractivity contribution in [3.05, 3.63) is 23.8 Å². The van der Waals surface area contributed by atoms with Gasteiger partial charge in [0.2, 0.25) is 0 Å². The minimum atomic E-state index is -0.617. The number of allylic oxidation sites excluding steroid dienone is 2. The van der Waals surface area contributed by atoms with Crippen LogP contribution in [0.3, 0.4) is 0 Å². The van der Waals surface area contributed by atoms with E-state index in [9.17, 15) is 15.0 Å². The monoisotopic (exact) mass is 418 g/mol. The van der Waals surface area contributed by atoms with Gasteiger partial charge in [-0.25, -0.2) is 0 Å². The number of rotatable bonds is 7. The summed E-state index contributed by atoms with van der Waals surface area (Å²) in [7, 11) is 0. The second-order valence-electron chi connectivity index (χ2n) is 11.2. The van der Waals surface area contributed by atoms with Crippen LogP contribution < -0.4 is 0 Å². The van der Waals surface area contributed by atoms with E-state index in [1.807, 2.05) is 6.08 Å². The molecule has 0 saturated heterocycles. The van der Waals surface area contributed by atoms with Gasteiger partial charge in [0.05, 0.1) is 18.6 Å². The number of aliphatic hydroxyl groups is 2. The van der Waals surface area contributed by atoms with E-state index in [1.165, 1.54) is 5.57 Å². The van der Waals surface area contributed by atoms with Crippen LogP contribution in [-0.4, -0.2) is 34.0 Å². The molecule has 4 heteroatoms. The molecule has 170 valence electrons. The van der Waals surface area contributed by atoms with Crippen LogP contribution in [0.15, 0.2) is 23.8 Å². The van der Waals surface area contributed by atoms with Gasteiger partial charge in [0, 0.05) is 5.92 Å². The number of carboxylic acid groups (broad SMARTS) is 1. The lowest BCUT2D eigenvalue weighted by molar-refractivity contribution is -0.144. The van der Waals surface area contributed by atoms with Gasteiger partial charge >= 0.3 is 5.97 Å². The van der Waals surface area contributed by atoms with Crippen molar-refractivity contribution in [1.29, 1.82) is 0 Å². The third kappa shape index (κ3) is 5.56. The zero-order chi connectivity index (χ0) is 21.9. The Balaban J connectivity index is 1.51. The summed E-state index contributed by atoms with van der Waals surface area (Å²) in [6, 6.07) is 0. The van der Waals surface area contributed by atoms with Crippen molar-refractivity contribution in [3.63, 3.8) is 0 Å². The molecule has 0 heterocycles. The lowest BCUT2D eigenvalue weighted by Gasteiger charge is -2.38. The number of fused-ring (bicyclic) bond motifs is 1. The van der Waals surface area contributed by atoms with Gasteiger partial charge in [0.25, 0.3) is 0 Å². The zero-order valence-electron chi connectivity index (χ0n) is 19.1. The fraction of sp³-hybridized carbons (Fsp3) is 0.808. The van der Waals surface area contributed by atoms with Gasteiger partial charge in [-0.05, 0) is 86.9 Å². The van der Waals surface area contributed by atoms with Crippen LogP contribution in [0.4, 0.5) is 0 Å². The lowest BCUT2D eigenvalue weighted by atomic mass is 9.67. The van der Waals surface area contributed by atoms with E-state index in [-0.39, 0.29) is 24.5 Å². The third-order valence-electron chi connectivity index (χ3n) is 8.37. The molecule has 0 radical (unpaired) electrons. The molecule has 0 aromatic carbocycles. The first-order valence-corrected chi connectivity index (χ1v) is 12.1. The quantitative estimate of drug-likeness (QED) is 0.497. The first-order valence-electron chi connectivity index (χ1n) is 12.1. The highest BCUT2D eigenvalue weighted by molar-refractivity contribution is 5.70. The van der Waals surface area contributed by atoms with Gasteiger partial charge in [-0.1, -0.05) is 44.6 Å². The summed E-state index contributed by atoms with van der Waals surface area (Å²) < 4.78 is 0. The van der Waals surface area contributed by atoms with Crippen LogP contribution >= 0.6 is 0 Å². The Labute approximate surface area is 182 Å². The molecule has 3 fully saturated rings. The Kier molecular flexibility index (Phi) is 7.84. The largest absolute Gasteiger partial charge is 0.481 e. The van der Waals surface area contributed by atoms with Crippen LogP contribution in [0.25, 0.3) is 0 Å². The van der Waals surface area contributed by atoms with E-state index in [0.29, 0.717) is 29.1 Å². The molecule has 0 aromatic rings. The first kappa shape index (κ1) is 23.5. The van der Waals surface area contributed by atoms with E-state index >= 15 is 0 Å². The van der Waals surface area contributed by atoms with Crippen LogP contribution in [0.5, 0.6) is 0 Å². The molecule has 3 N–H and O–H groups in total. The summed E-state index contributed by atoms with van der Waals surface area (Å²) in [5, 5.41) is 29.2. The molecule has 3 aliphatic rings. The number of hydrogen-bond acceptors (Lipinski definition) is 3. The summed E-state index contributed by atoms with van der Waals surface area (Å²) in [5.74, 6) is 1.35. The number of carboxylic acids is 1. The van der Waals surface area contributed by atoms with Crippen molar-refractivity contribution >= 4 is 5.97 Å². The average Bonchev–Trinajstić information content (AvgIpc) is 3.19. The maximum atomic E-state index is 12.0. The van der Waals surface area contributed by atoms with Crippen molar-refractivity contribution in [2.75, 3.05) is 6.61 Å². The molecule has 3 saturated carbocycles. The summed E-state index contributed by atoms with van der Waals surface area (Å²) in [6.45, 7) is 6.94. The number of carbonyl (C=O) groups is 1. The highest BCUT2D eigenvalue weighted by Crippen LogP contribution is 2.50. The third-order valence-corrected chi connectivity index (χ3v) is 8.37. The van der Waals surface area contributed by atoms with Crippen LogP contribution in [0, 0.1) is 40.9 Å². The zero-order valence-corrected chi connectivity index (χ0v) is 19.1. The molecule has 0 amide bonds. The second kappa shape index (κ2) is 9.99. The van der Waals surface area contributed by atoms with E-state index in [4.69, 9.17) is 5.11 Å². The van der Waals surface area contributed by atoms with E-state index in [1.54, 1.807) is 6.08 Å². The Hall–Kier alpha value is -1.13. The van der Waals surface area contributed by atoms with Crippen molar-refractivity contribution in [2.45, 2.75) is 84.7 Å². The van der Waals surface area contributed by atoms with E-state index in [2.05, 4.69) is 26.8 Å². The van der Waals surface area contributed by atoms with Gasteiger partial charge in [-0.3, -0.25) is 4.79 Å². The van der Waals surface area contributed by atoms with Crippen molar-refractivity contribution < 1.29 is 20.1 Å². The molecule has 0 aliphatic heterocycles. The molecular formula is C26H42O4. The summed E-state index contributed by atoms with van der Waals surface area (Å²) in [6.07, 6.45) is 14.7. The van der Waals surface area contributed by atoms with Crippen molar-refractivity contribution in [2.24, 2.45) is 40.9 Å². The normalized spacial score (nSPS) is 37.0. The van der Waals surface area contributed by atoms with E-state index in [0.717, 1.165) is 57.8 Å². The van der Waals surface area contributed by atoms with E-state index < -0.39 is 5.97 Å². The van der Waals surface area contributed by atoms with Gasteiger partial charge in [0.15, 0.2) is 0 Å².